The SMILES string of the molecule is CCN(N)[C@H](C)C(O)c1ccccc1.O=C(O)/C=C/C(=O)O. The maximum Gasteiger partial charge on any atom is 0.328 e. The summed E-state index contributed by atoms with van der Waals surface area (Å²) in [5.41, 5.74) is 0.906. The van der Waals surface area contributed by atoms with Gasteiger partial charge in [0.1, 0.15) is 0 Å². The van der Waals surface area contributed by atoms with Crippen LogP contribution in [0.1, 0.15) is 25.5 Å². The molecule has 7 nitrogen and oxygen atoms in total. The van der Waals surface area contributed by atoms with E-state index in [9.17, 15) is 14.7 Å². The molecule has 0 aliphatic rings. The van der Waals surface area contributed by atoms with Gasteiger partial charge in [0.2, 0.25) is 0 Å². The van der Waals surface area contributed by atoms with Crippen LogP contribution in [0.2, 0.25) is 0 Å². The van der Waals surface area contributed by atoms with E-state index in [1.54, 1.807) is 5.01 Å². The molecule has 0 fully saturated rings. The molecule has 0 aromatic heterocycles. The van der Waals surface area contributed by atoms with Crippen LogP contribution in [0.5, 0.6) is 0 Å². The van der Waals surface area contributed by atoms with Gasteiger partial charge < -0.3 is 15.3 Å². The molecule has 2 atom stereocenters. The summed E-state index contributed by atoms with van der Waals surface area (Å²) >= 11 is 0. The summed E-state index contributed by atoms with van der Waals surface area (Å²) in [4.78, 5) is 19.1. The predicted molar refractivity (Wildman–Crippen MR) is 81.8 cm³/mol. The third-order valence-electron chi connectivity index (χ3n) is 2.85. The highest BCUT2D eigenvalue weighted by Crippen LogP contribution is 2.18. The Kier molecular flexibility index (Phi) is 9.44. The molecule has 1 unspecified atom stereocenters. The first kappa shape index (κ1) is 19.8. The first-order valence-electron chi connectivity index (χ1n) is 6.67. The van der Waals surface area contributed by atoms with Crippen LogP contribution in [0.3, 0.4) is 0 Å². The zero-order valence-electron chi connectivity index (χ0n) is 12.6. The van der Waals surface area contributed by atoms with Gasteiger partial charge in [-0.3, -0.25) is 5.84 Å². The van der Waals surface area contributed by atoms with Crippen molar-refractivity contribution in [3.05, 3.63) is 48.0 Å². The summed E-state index contributed by atoms with van der Waals surface area (Å²) in [6.45, 7) is 4.61. The van der Waals surface area contributed by atoms with Crippen molar-refractivity contribution in [3.63, 3.8) is 0 Å². The molecule has 0 saturated carbocycles. The molecule has 7 heteroatoms. The van der Waals surface area contributed by atoms with E-state index < -0.39 is 18.0 Å². The molecule has 0 saturated heterocycles. The number of hydrogen-bond donors (Lipinski definition) is 4. The topological polar surface area (TPSA) is 124 Å². The third kappa shape index (κ3) is 8.15. The number of rotatable bonds is 6. The van der Waals surface area contributed by atoms with Crippen molar-refractivity contribution in [1.29, 1.82) is 0 Å². The van der Waals surface area contributed by atoms with E-state index in [1.165, 1.54) is 0 Å². The first-order chi connectivity index (χ1) is 10.3. The van der Waals surface area contributed by atoms with Gasteiger partial charge in [-0.1, -0.05) is 37.3 Å². The highest BCUT2D eigenvalue weighted by Gasteiger charge is 2.19. The molecule has 5 N–H and O–H groups in total. The standard InChI is InChI=1S/C11H18N2O.C4H4O4/c1-3-13(12)9(2)11(14)10-7-5-4-6-8-10;5-3(6)1-2-4(7)8/h4-9,11,14H,3,12H2,1-2H3;1-2H,(H,5,6)(H,7,8)/b;2-1+/t9-,11?;/m1./s1. The molecule has 1 aromatic carbocycles. The van der Waals surface area contributed by atoms with Crippen LogP contribution in [-0.4, -0.2) is 44.9 Å². The fourth-order valence-electron chi connectivity index (χ4n) is 1.54. The fraction of sp³-hybridized carbons (Fsp3) is 0.333. The Morgan fingerprint density at radius 2 is 1.64 bits per heavy atom. The molecule has 0 radical (unpaired) electrons. The lowest BCUT2D eigenvalue weighted by Crippen LogP contribution is -2.42. The van der Waals surface area contributed by atoms with E-state index >= 15 is 0 Å². The number of aliphatic hydroxyl groups excluding tert-OH is 1. The van der Waals surface area contributed by atoms with E-state index in [0.29, 0.717) is 12.2 Å². The van der Waals surface area contributed by atoms with E-state index in [0.717, 1.165) is 12.1 Å². The summed E-state index contributed by atoms with van der Waals surface area (Å²) in [6, 6.07) is 9.51. The molecule has 0 bridgehead atoms. The number of benzene rings is 1. The Morgan fingerprint density at radius 1 is 1.18 bits per heavy atom. The van der Waals surface area contributed by atoms with Crippen LogP contribution in [0.15, 0.2) is 42.5 Å². The molecule has 1 rings (SSSR count). The van der Waals surface area contributed by atoms with E-state index in [2.05, 4.69) is 0 Å². The van der Waals surface area contributed by atoms with Crippen LogP contribution >= 0.6 is 0 Å². The number of carbonyl (C=O) groups is 2. The van der Waals surface area contributed by atoms with E-state index in [1.807, 2.05) is 44.2 Å². The lowest BCUT2D eigenvalue weighted by Gasteiger charge is -2.27. The van der Waals surface area contributed by atoms with Gasteiger partial charge in [-0.05, 0) is 12.5 Å². The summed E-state index contributed by atoms with van der Waals surface area (Å²) in [7, 11) is 0. The van der Waals surface area contributed by atoms with Gasteiger partial charge in [0.15, 0.2) is 0 Å². The fourth-order valence-corrected chi connectivity index (χ4v) is 1.54. The Bertz CT molecular complexity index is 474. The molecule has 22 heavy (non-hydrogen) atoms. The Hall–Kier alpha value is -2.22. The lowest BCUT2D eigenvalue weighted by molar-refractivity contribution is -0.134. The molecule has 0 aliphatic carbocycles. The van der Waals surface area contributed by atoms with E-state index in [-0.39, 0.29) is 6.04 Å². The molecule has 122 valence electrons. The zero-order chi connectivity index (χ0) is 17.1. The maximum atomic E-state index is 9.97. The number of nitrogens with zero attached hydrogens (tertiary/aromatic N) is 1. The largest absolute Gasteiger partial charge is 0.478 e. The third-order valence-corrected chi connectivity index (χ3v) is 2.85. The van der Waals surface area contributed by atoms with Crippen LogP contribution in [0.25, 0.3) is 0 Å². The second-order valence-electron chi connectivity index (χ2n) is 4.44. The normalized spacial score (nSPS) is 13.3. The summed E-state index contributed by atoms with van der Waals surface area (Å²) in [5.74, 6) is 3.21. The Morgan fingerprint density at radius 3 is 2.00 bits per heavy atom. The highest BCUT2D eigenvalue weighted by molar-refractivity contribution is 5.89. The summed E-state index contributed by atoms with van der Waals surface area (Å²) < 4.78 is 0. The van der Waals surface area contributed by atoms with Crippen LogP contribution < -0.4 is 5.84 Å². The van der Waals surface area contributed by atoms with Gasteiger partial charge >= 0.3 is 11.9 Å². The average molecular weight is 310 g/mol. The predicted octanol–water partition coefficient (Wildman–Crippen LogP) is 1.02. The van der Waals surface area contributed by atoms with Crippen molar-refractivity contribution >= 4 is 11.9 Å². The van der Waals surface area contributed by atoms with Crippen molar-refractivity contribution in [2.45, 2.75) is 26.0 Å². The maximum absolute atomic E-state index is 9.97. The van der Waals surface area contributed by atoms with Gasteiger partial charge in [0, 0.05) is 18.7 Å². The van der Waals surface area contributed by atoms with Gasteiger partial charge in [-0.2, -0.15) is 0 Å². The zero-order valence-corrected chi connectivity index (χ0v) is 12.6. The van der Waals surface area contributed by atoms with Crippen LogP contribution in [-0.2, 0) is 9.59 Å². The Balaban J connectivity index is 0.000000472. The second-order valence-corrected chi connectivity index (χ2v) is 4.44. The molecule has 0 heterocycles. The number of hydrazine groups is 1. The smallest absolute Gasteiger partial charge is 0.328 e. The number of carboxylic acid groups (broad SMARTS) is 2. The van der Waals surface area contributed by atoms with Crippen molar-refractivity contribution in [2.75, 3.05) is 6.54 Å². The first-order valence-corrected chi connectivity index (χ1v) is 6.67. The lowest BCUT2D eigenvalue weighted by atomic mass is 10.0. The number of nitrogens with two attached hydrogens (primary N) is 1. The van der Waals surface area contributed by atoms with Gasteiger partial charge in [0.05, 0.1) is 12.1 Å². The van der Waals surface area contributed by atoms with Gasteiger partial charge in [-0.25, -0.2) is 14.6 Å². The van der Waals surface area contributed by atoms with Crippen molar-refractivity contribution in [2.24, 2.45) is 5.84 Å². The number of aliphatic hydroxyl groups is 1. The average Bonchev–Trinajstić information content (AvgIpc) is 2.52. The molecular weight excluding hydrogens is 288 g/mol. The van der Waals surface area contributed by atoms with Crippen LogP contribution in [0.4, 0.5) is 0 Å². The van der Waals surface area contributed by atoms with E-state index in [4.69, 9.17) is 16.1 Å². The minimum absolute atomic E-state index is 0.0672. The molecule has 1 aromatic rings. The van der Waals surface area contributed by atoms with Crippen molar-refractivity contribution < 1.29 is 24.9 Å². The number of aliphatic carboxylic acids is 2. The summed E-state index contributed by atoms with van der Waals surface area (Å²) in [5, 5.41) is 27.2. The van der Waals surface area contributed by atoms with Gasteiger partial charge in [-0.15, -0.1) is 0 Å². The molecular formula is C15H22N2O5. The number of likely N-dealkylation sites (N-methyl/N-ethyl adjacent to an activating group) is 1. The van der Waals surface area contributed by atoms with Crippen molar-refractivity contribution in [3.8, 4) is 0 Å². The summed E-state index contributed by atoms with van der Waals surface area (Å²) in [6.07, 6.45) is 0.589. The number of hydrogen-bond acceptors (Lipinski definition) is 5. The van der Waals surface area contributed by atoms with Crippen molar-refractivity contribution in [1.82, 2.24) is 5.01 Å². The highest BCUT2D eigenvalue weighted by atomic mass is 16.4. The minimum Gasteiger partial charge on any atom is -0.478 e. The van der Waals surface area contributed by atoms with Gasteiger partial charge in [0.25, 0.3) is 0 Å². The minimum atomic E-state index is -1.26. The molecule has 0 spiro atoms. The molecule has 0 aliphatic heterocycles. The quantitative estimate of drug-likeness (QED) is 0.351. The number of carboxylic acids is 2. The molecule has 0 amide bonds. The Labute approximate surface area is 129 Å². The monoisotopic (exact) mass is 310 g/mol. The van der Waals surface area contributed by atoms with Crippen LogP contribution in [0, 0.1) is 0 Å². The second kappa shape index (κ2) is 10.5.